The molecule has 1 N–H and O–H groups in total. The van der Waals surface area contributed by atoms with E-state index in [1.54, 1.807) is 76.4 Å². The van der Waals surface area contributed by atoms with Gasteiger partial charge in [0.05, 0.1) is 41.5 Å². The van der Waals surface area contributed by atoms with Crippen molar-refractivity contribution < 1.29 is 23.6 Å². The summed E-state index contributed by atoms with van der Waals surface area (Å²) in [5.74, 6) is 0.652. The molecule has 1 unspecified atom stereocenters. The van der Waals surface area contributed by atoms with Crippen LogP contribution in [0.3, 0.4) is 0 Å². The highest BCUT2D eigenvalue weighted by atomic mass is 16.6. The molecule has 5 rings (SSSR count). The molecule has 11 heteroatoms. The van der Waals surface area contributed by atoms with Gasteiger partial charge in [-0.25, -0.2) is 9.79 Å². The van der Waals surface area contributed by atoms with E-state index in [1.165, 1.54) is 16.7 Å². The number of aromatic amines is 1. The number of aryl methyl sites for hydroxylation is 1. The lowest BCUT2D eigenvalue weighted by atomic mass is 9.96. The standard InChI is InChI=1S/C29H26N4O7/c1-5-39-28(35)25-17(3)30-29-31-22(27(34)32(29)26(25)18-7-9-19(38-4)10-8-18)15-20-11-13-24(40-20)21-12-6-16(2)14-23(21)33(36)37/h6-15,26H,5H2,1-4H3,(H,30,31)/b22-15-. The summed E-state index contributed by atoms with van der Waals surface area (Å²) in [6.07, 6.45) is 1.50. The van der Waals surface area contributed by atoms with Gasteiger partial charge < -0.3 is 18.9 Å². The quantitative estimate of drug-likeness (QED) is 0.214. The number of benzene rings is 2. The van der Waals surface area contributed by atoms with Crippen molar-refractivity contribution in [2.45, 2.75) is 26.8 Å². The lowest BCUT2D eigenvalue weighted by molar-refractivity contribution is -0.384. The maximum atomic E-state index is 13.7. The number of fused-ring (bicyclic) bond motifs is 1. The predicted molar refractivity (Wildman–Crippen MR) is 145 cm³/mol. The number of esters is 1. The number of imidazole rings is 1. The molecular formula is C29H26N4O7. The third-order valence-electron chi connectivity index (χ3n) is 6.57. The summed E-state index contributed by atoms with van der Waals surface area (Å²) < 4.78 is 17.9. The number of nitro groups is 1. The van der Waals surface area contributed by atoms with Crippen LogP contribution in [-0.4, -0.2) is 34.2 Å². The first-order valence-corrected chi connectivity index (χ1v) is 12.5. The van der Waals surface area contributed by atoms with E-state index >= 15 is 0 Å². The van der Waals surface area contributed by atoms with Gasteiger partial charge >= 0.3 is 5.97 Å². The molecule has 0 radical (unpaired) electrons. The van der Waals surface area contributed by atoms with Gasteiger partial charge in [0.1, 0.15) is 22.6 Å². The number of rotatable bonds is 7. The van der Waals surface area contributed by atoms with Gasteiger partial charge in [0.2, 0.25) is 5.62 Å². The molecule has 2 aromatic heterocycles. The Labute approximate surface area is 227 Å². The highest BCUT2D eigenvalue weighted by Crippen LogP contribution is 2.33. The molecule has 0 amide bonds. The minimum Gasteiger partial charge on any atom is -0.497 e. The average molecular weight is 543 g/mol. The maximum Gasteiger partial charge on any atom is 0.338 e. The molecule has 0 fully saturated rings. The number of nitrogens with zero attached hydrogens (tertiary/aromatic N) is 3. The Balaban J connectivity index is 1.63. The second kappa shape index (κ2) is 10.5. The van der Waals surface area contributed by atoms with Crippen molar-refractivity contribution in [3.8, 4) is 17.1 Å². The van der Waals surface area contributed by atoms with Crippen LogP contribution in [-0.2, 0) is 9.53 Å². The molecule has 0 aliphatic carbocycles. The van der Waals surface area contributed by atoms with Gasteiger partial charge in [0.25, 0.3) is 11.2 Å². The van der Waals surface area contributed by atoms with Crippen molar-refractivity contribution in [2.75, 3.05) is 13.7 Å². The van der Waals surface area contributed by atoms with Gasteiger partial charge in [-0.2, -0.15) is 0 Å². The van der Waals surface area contributed by atoms with E-state index in [-0.39, 0.29) is 34.6 Å². The SMILES string of the molecule is CCOC(=O)C1=C(C)N=c2[nH]/c(=C\c3ccc(-c4ccc(C)cc4[N+](=O)[O-])o3)c(=O)n2C1c1ccc(OC)cc1. The molecular weight excluding hydrogens is 516 g/mol. The fourth-order valence-corrected chi connectivity index (χ4v) is 4.71. The van der Waals surface area contributed by atoms with Crippen LogP contribution in [0.25, 0.3) is 17.4 Å². The van der Waals surface area contributed by atoms with Crippen LogP contribution in [0.2, 0.25) is 0 Å². The van der Waals surface area contributed by atoms with Crippen LogP contribution >= 0.6 is 0 Å². The molecule has 0 spiro atoms. The Kier molecular flexibility index (Phi) is 6.95. The molecule has 204 valence electrons. The van der Waals surface area contributed by atoms with E-state index < -0.39 is 22.5 Å². The van der Waals surface area contributed by atoms with Gasteiger partial charge in [0.15, 0.2) is 0 Å². The third kappa shape index (κ3) is 4.73. The summed E-state index contributed by atoms with van der Waals surface area (Å²) in [4.78, 5) is 45.4. The Hall–Kier alpha value is -5.19. The van der Waals surface area contributed by atoms with E-state index in [1.807, 2.05) is 0 Å². The van der Waals surface area contributed by atoms with E-state index in [2.05, 4.69) is 9.98 Å². The number of aromatic nitrogens is 2. The first-order chi connectivity index (χ1) is 19.2. The molecule has 1 atom stereocenters. The molecule has 0 saturated heterocycles. The fourth-order valence-electron chi connectivity index (χ4n) is 4.71. The number of nitro benzene ring substituents is 1. The van der Waals surface area contributed by atoms with Crippen molar-refractivity contribution in [3.05, 3.63) is 114 Å². The lowest BCUT2D eigenvalue weighted by Gasteiger charge is -2.24. The first-order valence-electron chi connectivity index (χ1n) is 12.5. The molecule has 2 aromatic carbocycles. The Bertz CT molecular complexity index is 1840. The molecule has 1 aliphatic heterocycles. The number of hydrogen-bond acceptors (Lipinski definition) is 8. The smallest absolute Gasteiger partial charge is 0.338 e. The minimum absolute atomic E-state index is 0.0783. The molecule has 1 aliphatic rings. The monoisotopic (exact) mass is 542 g/mol. The summed E-state index contributed by atoms with van der Waals surface area (Å²) in [6, 6.07) is 14.3. The first kappa shape index (κ1) is 26.4. The highest BCUT2D eigenvalue weighted by molar-refractivity contribution is 5.91. The number of H-pyrrole nitrogens is 1. The maximum absolute atomic E-state index is 13.7. The third-order valence-corrected chi connectivity index (χ3v) is 6.57. The minimum atomic E-state index is -0.800. The second-order valence-electron chi connectivity index (χ2n) is 9.17. The van der Waals surface area contributed by atoms with Crippen molar-refractivity contribution in [1.29, 1.82) is 0 Å². The van der Waals surface area contributed by atoms with Crippen molar-refractivity contribution in [1.82, 2.24) is 9.55 Å². The average Bonchev–Trinajstić information content (AvgIpc) is 3.52. The number of nitrogens with one attached hydrogen (secondary N) is 1. The summed E-state index contributed by atoms with van der Waals surface area (Å²) in [7, 11) is 1.55. The number of furan rings is 1. The number of hydrogen-bond donors (Lipinski definition) is 1. The lowest BCUT2D eigenvalue weighted by Crippen LogP contribution is -2.40. The normalized spacial score (nSPS) is 15.0. The van der Waals surface area contributed by atoms with Crippen LogP contribution in [0.1, 0.15) is 36.8 Å². The summed E-state index contributed by atoms with van der Waals surface area (Å²) in [6.45, 7) is 5.33. The molecule has 3 heterocycles. The Morgan fingerprint density at radius 3 is 2.60 bits per heavy atom. The largest absolute Gasteiger partial charge is 0.497 e. The van der Waals surface area contributed by atoms with Crippen LogP contribution in [0, 0.1) is 17.0 Å². The fraction of sp³-hybridized carbons (Fsp3) is 0.207. The van der Waals surface area contributed by atoms with Gasteiger partial charge in [-0.15, -0.1) is 0 Å². The Morgan fingerprint density at radius 2 is 1.93 bits per heavy atom. The summed E-state index contributed by atoms with van der Waals surface area (Å²) in [5, 5.41) is 11.7. The Morgan fingerprint density at radius 1 is 1.18 bits per heavy atom. The van der Waals surface area contributed by atoms with Gasteiger partial charge in [-0.3, -0.25) is 19.5 Å². The second-order valence-corrected chi connectivity index (χ2v) is 9.17. The van der Waals surface area contributed by atoms with E-state index in [9.17, 15) is 19.7 Å². The topological polar surface area (TPSA) is 142 Å². The van der Waals surface area contributed by atoms with Crippen LogP contribution in [0.5, 0.6) is 5.75 Å². The van der Waals surface area contributed by atoms with Gasteiger partial charge in [-0.1, -0.05) is 18.2 Å². The van der Waals surface area contributed by atoms with Crippen LogP contribution in [0.4, 0.5) is 5.69 Å². The van der Waals surface area contributed by atoms with Crippen molar-refractivity contribution in [2.24, 2.45) is 4.99 Å². The van der Waals surface area contributed by atoms with Crippen LogP contribution in [0.15, 0.2) is 80.1 Å². The molecule has 40 heavy (non-hydrogen) atoms. The molecule has 11 nitrogen and oxygen atoms in total. The highest BCUT2D eigenvalue weighted by Gasteiger charge is 2.33. The number of allylic oxidation sites excluding steroid dienone is 1. The number of methoxy groups -OCH3 is 1. The van der Waals surface area contributed by atoms with Gasteiger partial charge in [-0.05, 0) is 62.2 Å². The summed E-state index contributed by atoms with van der Waals surface area (Å²) in [5.41, 5.74) is 2.14. The van der Waals surface area contributed by atoms with E-state index in [0.717, 1.165) is 5.56 Å². The number of ether oxygens (including phenoxy) is 2. The zero-order chi connectivity index (χ0) is 28.6. The molecule has 4 aromatic rings. The van der Waals surface area contributed by atoms with E-state index in [4.69, 9.17) is 13.9 Å². The van der Waals surface area contributed by atoms with Crippen molar-refractivity contribution in [3.63, 3.8) is 0 Å². The van der Waals surface area contributed by atoms with E-state index in [0.29, 0.717) is 28.3 Å². The van der Waals surface area contributed by atoms with Crippen molar-refractivity contribution >= 4 is 17.7 Å². The molecule has 0 saturated carbocycles. The predicted octanol–water partition coefficient (Wildman–Crippen LogP) is 3.55. The van der Waals surface area contributed by atoms with Crippen LogP contribution < -0.4 is 21.3 Å². The zero-order valence-corrected chi connectivity index (χ0v) is 22.3. The number of carbonyl (C=O) groups is 1. The molecule has 0 bridgehead atoms. The summed E-state index contributed by atoms with van der Waals surface area (Å²) >= 11 is 0. The number of carbonyl (C=O) groups excluding carboxylic acids is 1. The zero-order valence-electron chi connectivity index (χ0n) is 22.3. The van der Waals surface area contributed by atoms with Gasteiger partial charge in [0, 0.05) is 12.1 Å².